The van der Waals surface area contributed by atoms with Crippen molar-refractivity contribution < 1.29 is 80.8 Å². The molecular formula is C60H79N3O17. The Kier molecular flexibility index (Phi) is 30.1. The van der Waals surface area contributed by atoms with Crippen LogP contribution >= 0.6 is 0 Å². The van der Waals surface area contributed by atoms with Crippen LogP contribution in [0.2, 0.25) is 0 Å². The molecule has 1 fully saturated rings. The number of amides is 5. The number of carbonyl (C=O) groups excluding carboxylic acids is 5. The number of fused-ring (bicyclic) bond motifs is 1. The highest BCUT2D eigenvalue weighted by molar-refractivity contribution is 6.26. The summed E-state index contributed by atoms with van der Waals surface area (Å²) in [5.41, 5.74) is 2.77. The van der Waals surface area contributed by atoms with Gasteiger partial charge < -0.3 is 62.2 Å². The lowest BCUT2D eigenvalue weighted by Crippen LogP contribution is -2.54. The number of rotatable bonds is 45. The number of imide groups is 2. The van der Waals surface area contributed by atoms with Gasteiger partial charge in [-0.25, -0.2) is 0 Å². The van der Waals surface area contributed by atoms with Crippen LogP contribution in [0, 0.1) is 0 Å². The molecule has 0 radical (unpaired) electrons. The van der Waals surface area contributed by atoms with Crippen molar-refractivity contribution in [3.63, 3.8) is 0 Å². The highest BCUT2D eigenvalue weighted by Crippen LogP contribution is 2.40. The summed E-state index contributed by atoms with van der Waals surface area (Å²) in [5.74, 6) is -2.73. The summed E-state index contributed by atoms with van der Waals surface area (Å²) in [4.78, 5) is 63.8. The van der Waals surface area contributed by atoms with E-state index in [0.29, 0.717) is 158 Å². The van der Waals surface area contributed by atoms with Gasteiger partial charge in [0.05, 0.1) is 162 Å². The second-order valence-corrected chi connectivity index (χ2v) is 18.4. The lowest BCUT2D eigenvalue weighted by Gasteiger charge is -2.36. The standard InChI is InChI=1S/C60H79N3O17/c64-54(61-52-21-13-20-51-56(52)59(68)63(58(51)67)53-23-24-55(65)62-57(53)66)22-11-4-12-25-69-26-27-70-28-29-71-30-31-72-32-33-73-34-35-74-36-37-75-38-39-76-40-41-77-42-43-78-44-45-79-46-47-80-60(48-14-5-1-6-15-48,49-16-7-2-8-17-49)50-18-9-3-10-19-50/h1-3,5-10,13-21,53H,4,11-12,22-47H2,(H,61,64)(H,62,65,66). The van der Waals surface area contributed by atoms with Crippen molar-refractivity contribution in [1.82, 2.24) is 10.2 Å². The molecule has 20 nitrogen and oxygen atoms in total. The normalized spacial score (nSPS) is 14.4. The highest BCUT2D eigenvalue weighted by atomic mass is 16.6. The molecule has 1 unspecified atom stereocenters. The third kappa shape index (κ3) is 21.6. The molecule has 5 amide bonds. The van der Waals surface area contributed by atoms with Gasteiger partial charge in [0.2, 0.25) is 17.7 Å². The number of hydrogen-bond acceptors (Lipinski definition) is 17. The molecule has 0 saturated carbocycles. The molecule has 0 aromatic heterocycles. The quantitative estimate of drug-likeness (QED) is 0.0304. The first-order valence-electron chi connectivity index (χ1n) is 27.7. The predicted molar refractivity (Wildman–Crippen MR) is 294 cm³/mol. The smallest absolute Gasteiger partial charge is 0.264 e. The van der Waals surface area contributed by atoms with Crippen LogP contribution in [0.5, 0.6) is 0 Å². The summed E-state index contributed by atoms with van der Waals surface area (Å²) in [7, 11) is 0. The fraction of sp³-hybridized carbons (Fsp3) is 0.517. The van der Waals surface area contributed by atoms with Crippen molar-refractivity contribution in [2.24, 2.45) is 0 Å². The average Bonchev–Trinajstić information content (AvgIpc) is 3.84. The van der Waals surface area contributed by atoms with Crippen LogP contribution < -0.4 is 10.6 Å². The summed E-state index contributed by atoms with van der Waals surface area (Å²) < 4.78 is 68.3. The number of benzene rings is 4. The van der Waals surface area contributed by atoms with Crippen LogP contribution in [-0.2, 0) is 76.8 Å². The van der Waals surface area contributed by atoms with Crippen LogP contribution in [0.4, 0.5) is 5.69 Å². The number of unbranched alkanes of at least 4 members (excludes halogenated alkanes) is 2. The van der Waals surface area contributed by atoms with Crippen molar-refractivity contribution >= 4 is 35.2 Å². The zero-order valence-electron chi connectivity index (χ0n) is 45.9. The first kappa shape index (κ1) is 63.3. The molecule has 2 aliphatic rings. The molecule has 1 atom stereocenters. The summed E-state index contributed by atoms with van der Waals surface area (Å²) in [5, 5.41) is 4.92. The minimum Gasteiger partial charge on any atom is -0.379 e. The monoisotopic (exact) mass is 1110 g/mol. The van der Waals surface area contributed by atoms with Gasteiger partial charge in [0.25, 0.3) is 11.8 Å². The fourth-order valence-electron chi connectivity index (χ4n) is 8.82. The zero-order valence-corrected chi connectivity index (χ0v) is 45.9. The van der Waals surface area contributed by atoms with Gasteiger partial charge >= 0.3 is 0 Å². The third-order valence-electron chi connectivity index (χ3n) is 12.7. The second-order valence-electron chi connectivity index (χ2n) is 18.4. The van der Waals surface area contributed by atoms with Crippen molar-refractivity contribution in [2.45, 2.75) is 50.2 Å². The van der Waals surface area contributed by atoms with Crippen LogP contribution in [0.15, 0.2) is 109 Å². The SMILES string of the molecule is O=C1CCC(N2C(=O)c3cccc(NC(=O)CCCCCOCCOCCOCCOCCOCCOCCOCCOCCOCCOCCOCCOC(c4ccccc4)(c4ccccc4)c4ccccc4)c3C2=O)C(=O)N1. The first-order valence-corrected chi connectivity index (χ1v) is 27.7. The first-order chi connectivity index (χ1) is 39.4. The number of ether oxygens (including phenoxy) is 12. The number of carbonyl (C=O) groups is 5. The molecule has 2 N–H and O–H groups in total. The van der Waals surface area contributed by atoms with Gasteiger partial charge in [-0.05, 0) is 48.1 Å². The van der Waals surface area contributed by atoms with E-state index in [0.717, 1.165) is 34.4 Å². The van der Waals surface area contributed by atoms with Crippen molar-refractivity contribution in [3.05, 3.63) is 137 Å². The Bertz CT molecular complexity index is 2300. The van der Waals surface area contributed by atoms with Gasteiger partial charge in [-0.1, -0.05) is 103 Å². The van der Waals surface area contributed by atoms with E-state index in [1.54, 1.807) is 12.1 Å². The van der Waals surface area contributed by atoms with E-state index in [1.165, 1.54) is 6.07 Å². The molecule has 0 spiro atoms. The summed E-state index contributed by atoms with van der Waals surface area (Å²) >= 11 is 0. The van der Waals surface area contributed by atoms with Crippen molar-refractivity contribution in [1.29, 1.82) is 0 Å². The third-order valence-corrected chi connectivity index (χ3v) is 12.7. The maximum atomic E-state index is 13.2. The van der Waals surface area contributed by atoms with Gasteiger partial charge in [0, 0.05) is 19.4 Å². The molecule has 20 heteroatoms. The number of hydrogen-bond donors (Lipinski definition) is 2. The molecular weight excluding hydrogens is 1030 g/mol. The van der Waals surface area contributed by atoms with E-state index in [4.69, 9.17) is 56.8 Å². The van der Waals surface area contributed by atoms with Gasteiger partial charge in [-0.2, -0.15) is 0 Å². The van der Waals surface area contributed by atoms with Gasteiger partial charge in [-0.15, -0.1) is 0 Å². The Hall–Kier alpha value is -5.85. The summed E-state index contributed by atoms with van der Waals surface area (Å²) in [6, 6.07) is 34.4. The number of anilines is 1. The Balaban J connectivity index is 0.619. The molecule has 0 aliphatic carbocycles. The molecule has 0 bridgehead atoms. The number of piperidine rings is 1. The maximum Gasteiger partial charge on any atom is 0.264 e. The second kappa shape index (κ2) is 38.0. The number of nitrogens with zero attached hydrogens (tertiary/aromatic N) is 1. The Morgan fingerprint density at radius 2 is 0.838 bits per heavy atom. The lowest BCUT2D eigenvalue weighted by atomic mass is 9.80. The van der Waals surface area contributed by atoms with Crippen LogP contribution in [0.1, 0.15) is 75.9 Å². The molecule has 1 saturated heterocycles. The van der Waals surface area contributed by atoms with Gasteiger partial charge in [0.15, 0.2) is 0 Å². The molecule has 6 rings (SSSR count). The largest absolute Gasteiger partial charge is 0.379 e. The molecule has 436 valence electrons. The predicted octanol–water partition coefficient (Wildman–Crippen LogP) is 5.78. The Labute approximate surface area is 469 Å². The van der Waals surface area contributed by atoms with Crippen molar-refractivity contribution in [2.75, 3.05) is 157 Å². The van der Waals surface area contributed by atoms with E-state index in [9.17, 15) is 24.0 Å². The topological polar surface area (TPSA) is 223 Å². The zero-order chi connectivity index (χ0) is 56.1. The summed E-state index contributed by atoms with van der Waals surface area (Å²) in [6.07, 6.45) is 2.42. The van der Waals surface area contributed by atoms with Crippen LogP contribution in [0.3, 0.4) is 0 Å². The molecule has 80 heavy (non-hydrogen) atoms. The fourth-order valence-corrected chi connectivity index (χ4v) is 8.82. The highest BCUT2D eigenvalue weighted by Gasteiger charge is 2.46. The van der Waals surface area contributed by atoms with E-state index in [1.807, 2.05) is 54.6 Å². The van der Waals surface area contributed by atoms with E-state index >= 15 is 0 Å². The molecule has 2 aliphatic heterocycles. The molecule has 4 aromatic rings. The van der Waals surface area contributed by atoms with E-state index < -0.39 is 35.3 Å². The van der Waals surface area contributed by atoms with Crippen molar-refractivity contribution in [3.8, 4) is 0 Å². The molecule has 2 heterocycles. The van der Waals surface area contributed by atoms with Gasteiger partial charge in [-0.3, -0.25) is 34.2 Å². The molecule has 4 aromatic carbocycles. The minimum absolute atomic E-state index is 0.0243. The summed E-state index contributed by atoms with van der Waals surface area (Å²) in [6.45, 7) is 10.5. The Morgan fingerprint density at radius 1 is 0.450 bits per heavy atom. The van der Waals surface area contributed by atoms with E-state index in [2.05, 4.69) is 47.0 Å². The van der Waals surface area contributed by atoms with E-state index in [-0.39, 0.29) is 42.0 Å². The van der Waals surface area contributed by atoms with Crippen LogP contribution in [0.25, 0.3) is 0 Å². The maximum absolute atomic E-state index is 13.2. The number of nitrogens with one attached hydrogen (secondary N) is 2. The average molecular weight is 1110 g/mol. The Morgan fingerprint density at radius 3 is 1.24 bits per heavy atom. The minimum atomic E-state index is -1.08. The van der Waals surface area contributed by atoms with Crippen LogP contribution in [-0.4, -0.2) is 192 Å². The lowest BCUT2D eigenvalue weighted by molar-refractivity contribution is -0.136. The van der Waals surface area contributed by atoms with Gasteiger partial charge in [0.1, 0.15) is 11.6 Å².